The van der Waals surface area contributed by atoms with Crippen LogP contribution in [0, 0.1) is 0 Å². The second-order valence-corrected chi connectivity index (χ2v) is 7.79. The first-order valence-electron chi connectivity index (χ1n) is 8.56. The zero-order chi connectivity index (χ0) is 18.3. The van der Waals surface area contributed by atoms with Gasteiger partial charge in [-0.3, -0.25) is 14.4 Å². The molecule has 3 amide bonds. The third-order valence-corrected chi connectivity index (χ3v) is 6.17. The lowest BCUT2D eigenvalue weighted by molar-refractivity contribution is -0.133. The number of amides is 3. The Balaban J connectivity index is 1.92. The van der Waals surface area contributed by atoms with Crippen LogP contribution in [0.5, 0.6) is 0 Å². The van der Waals surface area contributed by atoms with Crippen molar-refractivity contribution in [3.05, 3.63) is 16.0 Å². The Bertz CT molecular complexity index is 730. The monoisotopic (exact) mass is 364 g/mol. The Hall–Kier alpha value is -1.93. The molecular formula is C17H24N4O3S. The molecule has 136 valence electrons. The molecule has 0 radical (unpaired) electrons. The van der Waals surface area contributed by atoms with Crippen molar-refractivity contribution in [1.29, 1.82) is 0 Å². The van der Waals surface area contributed by atoms with Gasteiger partial charge in [0, 0.05) is 25.5 Å². The fraction of sp³-hybridized carbons (Fsp3) is 0.588. The molecule has 2 N–H and O–H groups in total. The Morgan fingerprint density at radius 1 is 1.28 bits per heavy atom. The zero-order valence-electron chi connectivity index (χ0n) is 14.9. The van der Waals surface area contributed by atoms with Crippen LogP contribution in [-0.4, -0.2) is 60.7 Å². The highest BCUT2D eigenvalue weighted by atomic mass is 32.1. The van der Waals surface area contributed by atoms with Crippen molar-refractivity contribution in [2.24, 2.45) is 5.73 Å². The highest BCUT2D eigenvalue weighted by Gasteiger charge is 2.36. The lowest BCUT2D eigenvalue weighted by Gasteiger charge is -2.29. The summed E-state index contributed by atoms with van der Waals surface area (Å²) in [5.74, 6) is -0.261. The van der Waals surface area contributed by atoms with Gasteiger partial charge in [-0.15, -0.1) is 11.3 Å². The number of hydrogen-bond donors (Lipinski definition) is 1. The maximum absolute atomic E-state index is 12.7. The minimum atomic E-state index is -0.471. The quantitative estimate of drug-likeness (QED) is 0.860. The molecular weight excluding hydrogens is 340 g/mol. The summed E-state index contributed by atoms with van der Waals surface area (Å²) in [5, 5.41) is 0.691. The molecule has 0 aromatic carbocycles. The van der Waals surface area contributed by atoms with Gasteiger partial charge in [0.05, 0.1) is 18.2 Å². The molecule has 8 heteroatoms. The van der Waals surface area contributed by atoms with Gasteiger partial charge in [0.2, 0.25) is 11.8 Å². The molecule has 0 unspecified atom stereocenters. The van der Waals surface area contributed by atoms with E-state index in [1.807, 2.05) is 6.92 Å². The molecule has 3 rings (SSSR count). The van der Waals surface area contributed by atoms with E-state index in [0.717, 1.165) is 16.9 Å². The first-order valence-corrected chi connectivity index (χ1v) is 9.37. The fourth-order valence-corrected chi connectivity index (χ4v) is 4.72. The number of rotatable bonds is 3. The van der Waals surface area contributed by atoms with Crippen LogP contribution in [0.3, 0.4) is 0 Å². The van der Waals surface area contributed by atoms with Crippen LogP contribution >= 0.6 is 11.3 Å². The Morgan fingerprint density at radius 3 is 2.68 bits per heavy atom. The number of fused-ring (bicyclic) bond motifs is 3. The van der Waals surface area contributed by atoms with E-state index in [2.05, 4.69) is 0 Å². The average Bonchev–Trinajstić information content (AvgIpc) is 2.94. The van der Waals surface area contributed by atoms with Gasteiger partial charge in [-0.05, 0) is 18.4 Å². The van der Waals surface area contributed by atoms with Crippen molar-refractivity contribution in [1.82, 2.24) is 9.80 Å². The first-order chi connectivity index (χ1) is 11.8. The lowest BCUT2D eigenvalue weighted by Crippen LogP contribution is -2.45. The fourth-order valence-electron chi connectivity index (χ4n) is 3.39. The van der Waals surface area contributed by atoms with Gasteiger partial charge in [0.1, 0.15) is 11.5 Å². The summed E-state index contributed by atoms with van der Waals surface area (Å²) < 4.78 is 0. The van der Waals surface area contributed by atoms with Gasteiger partial charge in [-0.1, -0.05) is 13.3 Å². The van der Waals surface area contributed by atoms with Crippen LogP contribution in [0.1, 0.15) is 40.6 Å². The minimum Gasteiger partial charge on any atom is -0.336 e. The molecule has 1 aromatic rings. The topological polar surface area (TPSA) is 87.0 Å². The van der Waals surface area contributed by atoms with E-state index >= 15 is 0 Å². The third kappa shape index (κ3) is 3.04. The summed E-state index contributed by atoms with van der Waals surface area (Å²) in [6, 6.07) is -0.471. The van der Waals surface area contributed by atoms with Crippen molar-refractivity contribution >= 4 is 34.1 Å². The van der Waals surface area contributed by atoms with Gasteiger partial charge in [0.25, 0.3) is 5.91 Å². The molecule has 7 nitrogen and oxygen atoms in total. The average molecular weight is 364 g/mol. The summed E-state index contributed by atoms with van der Waals surface area (Å²) >= 11 is 1.44. The molecule has 2 aliphatic rings. The molecule has 1 aromatic heterocycles. The number of carbonyl (C=O) groups excluding carboxylic acids is 3. The molecule has 2 aliphatic heterocycles. The molecule has 0 saturated carbocycles. The van der Waals surface area contributed by atoms with E-state index in [9.17, 15) is 14.4 Å². The first kappa shape index (κ1) is 17.9. The van der Waals surface area contributed by atoms with Crippen LogP contribution in [0.25, 0.3) is 0 Å². The smallest absolute Gasteiger partial charge is 0.257 e. The summed E-state index contributed by atoms with van der Waals surface area (Å²) in [6.45, 7) is 3.11. The Kier molecular flexibility index (Phi) is 4.83. The normalized spacial score (nSPS) is 18.8. The summed E-state index contributed by atoms with van der Waals surface area (Å²) in [4.78, 5) is 43.2. The van der Waals surface area contributed by atoms with Crippen LogP contribution < -0.4 is 10.6 Å². The number of thiophene rings is 1. The molecule has 0 spiro atoms. The number of nitrogens with two attached hydrogens (primary N) is 1. The molecule has 3 heterocycles. The maximum Gasteiger partial charge on any atom is 0.257 e. The van der Waals surface area contributed by atoms with Gasteiger partial charge < -0.3 is 20.4 Å². The van der Waals surface area contributed by atoms with Crippen molar-refractivity contribution < 1.29 is 14.4 Å². The van der Waals surface area contributed by atoms with Crippen molar-refractivity contribution in [2.75, 3.05) is 32.1 Å². The molecule has 0 saturated heterocycles. The van der Waals surface area contributed by atoms with Crippen LogP contribution in [0.2, 0.25) is 0 Å². The van der Waals surface area contributed by atoms with E-state index in [4.69, 9.17) is 5.73 Å². The zero-order valence-corrected chi connectivity index (χ0v) is 15.7. The van der Waals surface area contributed by atoms with Crippen molar-refractivity contribution in [3.63, 3.8) is 0 Å². The molecule has 0 bridgehead atoms. The predicted octanol–water partition coefficient (Wildman–Crippen LogP) is 0.809. The molecule has 1 atom stereocenters. The van der Waals surface area contributed by atoms with Crippen molar-refractivity contribution in [3.8, 4) is 0 Å². The summed E-state index contributed by atoms with van der Waals surface area (Å²) in [6.07, 6.45) is 2.16. The number of anilines is 1. The Morgan fingerprint density at radius 2 is 2.00 bits per heavy atom. The van der Waals surface area contributed by atoms with Gasteiger partial charge in [-0.25, -0.2) is 0 Å². The molecule has 0 aliphatic carbocycles. The van der Waals surface area contributed by atoms with Crippen LogP contribution in [0.15, 0.2) is 0 Å². The highest BCUT2D eigenvalue weighted by molar-refractivity contribution is 7.17. The van der Waals surface area contributed by atoms with E-state index in [1.54, 1.807) is 23.9 Å². The van der Waals surface area contributed by atoms with Crippen molar-refractivity contribution in [2.45, 2.75) is 38.8 Å². The van der Waals surface area contributed by atoms with E-state index in [1.165, 1.54) is 16.2 Å². The minimum absolute atomic E-state index is 0.0380. The lowest BCUT2D eigenvalue weighted by atomic mass is 10.0. The predicted molar refractivity (Wildman–Crippen MR) is 96.7 cm³/mol. The third-order valence-electron chi connectivity index (χ3n) is 4.88. The second-order valence-electron chi connectivity index (χ2n) is 6.70. The maximum atomic E-state index is 12.7. The second kappa shape index (κ2) is 6.76. The molecule has 25 heavy (non-hydrogen) atoms. The van der Waals surface area contributed by atoms with E-state index < -0.39 is 6.04 Å². The number of carbonyl (C=O) groups is 3. The Labute approximate surface area is 151 Å². The standard InChI is InChI=1S/C17H24N4O3S/c1-4-5-11(18)15(23)21-7-6-10-12(8-21)25-17-14(10)16(24)19(2)9-13(22)20(17)3/h11H,4-9,18H2,1-3H3/t11-/m0/s1. The van der Waals surface area contributed by atoms with Gasteiger partial charge in [0.15, 0.2) is 0 Å². The molecule has 0 fully saturated rings. The number of hydrogen-bond acceptors (Lipinski definition) is 5. The number of likely N-dealkylation sites (N-methyl/N-ethyl adjacent to an activating group) is 2. The SMILES string of the molecule is CCC[C@H](N)C(=O)N1CCc2c(sc3c2C(=O)N(C)CC(=O)N3C)C1. The number of nitrogens with zero attached hydrogens (tertiary/aromatic N) is 3. The van der Waals surface area contributed by atoms with E-state index in [0.29, 0.717) is 36.5 Å². The van der Waals surface area contributed by atoms with Gasteiger partial charge in [-0.2, -0.15) is 0 Å². The summed E-state index contributed by atoms with van der Waals surface area (Å²) in [7, 11) is 3.35. The summed E-state index contributed by atoms with van der Waals surface area (Å²) in [5.41, 5.74) is 7.58. The highest BCUT2D eigenvalue weighted by Crippen LogP contribution is 2.40. The van der Waals surface area contributed by atoms with Crippen LogP contribution in [-0.2, 0) is 22.6 Å². The van der Waals surface area contributed by atoms with E-state index in [-0.39, 0.29) is 24.3 Å². The largest absolute Gasteiger partial charge is 0.336 e. The van der Waals surface area contributed by atoms with Crippen LogP contribution in [0.4, 0.5) is 5.00 Å². The van der Waals surface area contributed by atoms with Gasteiger partial charge >= 0.3 is 0 Å².